The second-order valence-electron chi connectivity index (χ2n) is 5.35. The molecule has 2 aromatic rings. The highest BCUT2D eigenvalue weighted by molar-refractivity contribution is 5.89. The van der Waals surface area contributed by atoms with Crippen LogP contribution in [0.5, 0.6) is 0 Å². The van der Waals surface area contributed by atoms with Gasteiger partial charge in [-0.2, -0.15) is 0 Å². The summed E-state index contributed by atoms with van der Waals surface area (Å²) >= 11 is 0. The van der Waals surface area contributed by atoms with Gasteiger partial charge in [0, 0.05) is 5.92 Å². The summed E-state index contributed by atoms with van der Waals surface area (Å²) in [6, 6.07) is 17.6. The molecule has 1 unspecified atom stereocenters. The third-order valence-electron chi connectivity index (χ3n) is 3.86. The summed E-state index contributed by atoms with van der Waals surface area (Å²) in [4.78, 5) is 11.5. The maximum atomic E-state index is 11.5. The van der Waals surface area contributed by atoms with Crippen LogP contribution in [0.15, 0.2) is 54.6 Å². The van der Waals surface area contributed by atoms with Gasteiger partial charge < -0.3 is 5.11 Å². The number of carbonyl (C=O) groups is 1. The van der Waals surface area contributed by atoms with Gasteiger partial charge in [0.05, 0.1) is 5.56 Å². The summed E-state index contributed by atoms with van der Waals surface area (Å²) in [5, 5.41) is 9.43. The molecule has 110 valence electrons. The van der Waals surface area contributed by atoms with E-state index in [9.17, 15) is 9.90 Å². The Bertz CT molecular complexity index is 575. The zero-order chi connectivity index (χ0) is 15.1. The number of carboxylic acids is 1. The lowest BCUT2D eigenvalue weighted by Crippen LogP contribution is -2.09. The molecule has 0 saturated carbocycles. The van der Waals surface area contributed by atoms with Crippen LogP contribution in [0.1, 0.15) is 60.0 Å². The van der Waals surface area contributed by atoms with Gasteiger partial charge in [-0.15, -0.1) is 0 Å². The van der Waals surface area contributed by atoms with Gasteiger partial charge in [-0.25, -0.2) is 4.79 Å². The van der Waals surface area contributed by atoms with E-state index in [1.165, 1.54) is 18.4 Å². The summed E-state index contributed by atoms with van der Waals surface area (Å²) in [7, 11) is 0. The van der Waals surface area contributed by atoms with E-state index in [2.05, 4.69) is 19.1 Å². The first-order chi connectivity index (χ1) is 10.2. The second-order valence-corrected chi connectivity index (χ2v) is 5.35. The van der Waals surface area contributed by atoms with Gasteiger partial charge in [0.2, 0.25) is 0 Å². The topological polar surface area (TPSA) is 37.3 Å². The first kappa shape index (κ1) is 15.3. The molecule has 0 aromatic heterocycles. The summed E-state index contributed by atoms with van der Waals surface area (Å²) in [6.45, 7) is 2.18. The molecule has 0 aliphatic carbocycles. The van der Waals surface area contributed by atoms with Crippen molar-refractivity contribution in [2.45, 2.75) is 38.5 Å². The van der Waals surface area contributed by atoms with Crippen LogP contribution < -0.4 is 0 Å². The zero-order valence-electron chi connectivity index (χ0n) is 12.5. The van der Waals surface area contributed by atoms with Crippen LogP contribution in [0.2, 0.25) is 0 Å². The van der Waals surface area contributed by atoms with Crippen LogP contribution in [-0.4, -0.2) is 11.1 Å². The Hall–Kier alpha value is -2.09. The molecule has 0 aliphatic rings. The lowest BCUT2D eigenvalue weighted by molar-refractivity contribution is 0.0695. The summed E-state index contributed by atoms with van der Waals surface area (Å²) in [5.74, 6) is -0.688. The third-order valence-corrected chi connectivity index (χ3v) is 3.86. The Morgan fingerprint density at radius 3 is 2.33 bits per heavy atom. The molecule has 21 heavy (non-hydrogen) atoms. The number of unbranched alkanes of at least 4 members (excludes halogenated alkanes) is 2. The van der Waals surface area contributed by atoms with E-state index >= 15 is 0 Å². The maximum absolute atomic E-state index is 11.5. The Kier molecular flexibility index (Phi) is 5.56. The molecule has 0 radical (unpaired) electrons. The van der Waals surface area contributed by atoms with Crippen molar-refractivity contribution in [2.75, 3.05) is 0 Å². The van der Waals surface area contributed by atoms with Crippen LogP contribution in [0, 0.1) is 0 Å². The number of rotatable bonds is 7. The van der Waals surface area contributed by atoms with Crippen molar-refractivity contribution in [1.29, 1.82) is 0 Å². The molecule has 2 aromatic carbocycles. The van der Waals surface area contributed by atoms with Gasteiger partial charge in [0.25, 0.3) is 0 Å². The average Bonchev–Trinajstić information content (AvgIpc) is 2.52. The predicted molar refractivity (Wildman–Crippen MR) is 85.8 cm³/mol. The minimum atomic E-state index is -0.845. The van der Waals surface area contributed by atoms with Crippen molar-refractivity contribution in [3.8, 4) is 0 Å². The van der Waals surface area contributed by atoms with Crippen molar-refractivity contribution in [3.05, 3.63) is 71.3 Å². The molecule has 0 bridgehead atoms. The van der Waals surface area contributed by atoms with Gasteiger partial charge >= 0.3 is 5.97 Å². The van der Waals surface area contributed by atoms with Crippen LogP contribution >= 0.6 is 0 Å². The van der Waals surface area contributed by atoms with Gasteiger partial charge in [-0.3, -0.25) is 0 Å². The van der Waals surface area contributed by atoms with Gasteiger partial charge in [0.15, 0.2) is 0 Å². The van der Waals surface area contributed by atoms with E-state index in [0.717, 1.165) is 18.4 Å². The smallest absolute Gasteiger partial charge is 0.335 e. The molecule has 0 aliphatic heterocycles. The summed E-state index contributed by atoms with van der Waals surface area (Å²) < 4.78 is 0. The predicted octanol–water partition coefficient (Wildman–Crippen LogP) is 5.10. The van der Waals surface area contributed by atoms with Crippen LogP contribution in [0.25, 0.3) is 0 Å². The van der Waals surface area contributed by atoms with Crippen molar-refractivity contribution < 1.29 is 9.90 Å². The van der Waals surface area contributed by atoms with E-state index < -0.39 is 5.97 Å². The monoisotopic (exact) mass is 282 g/mol. The summed E-state index contributed by atoms with van der Waals surface area (Å²) in [6.07, 6.45) is 4.45. The van der Waals surface area contributed by atoms with Gasteiger partial charge in [-0.05, 0) is 23.6 Å². The van der Waals surface area contributed by atoms with Crippen LogP contribution in [0.3, 0.4) is 0 Å². The maximum Gasteiger partial charge on any atom is 0.335 e. The fourth-order valence-corrected chi connectivity index (χ4v) is 2.78. The fourth-order valence-electron chi connectivity index (χ4n) is 2.78. The molecule has 0 spiro atoms. The summed E-state index contributed by atoms with van der Waals surface area (Å²) in [5.41, 5.74) is 2.54. The number of carboxylic acid groups (broad SMARTS) is 1. The van der Waals surface area contributed by atoms with Crippen molar-refractivity contribution in [2.24, 2.45) is 0 Å². The molecule has 2 heteroatoms. The molecule has 0 heterocycles. The van der Waals surface area contributed by atoms with E-state index in [0.29, 0.717) is 5.56 Å². The van der Waals surface area contributed by atoms with Gasteiger partial charge in [0.1, 0.15) is 0 Å². The lowest BCUT2D eigenvalue weighted by atomic mass is 9.84. The normalized spacial score (nSPS) is 12.0. The molecule has 2 rings (SSSR count). The standard InChI is InChI=1S/C19H22O2/c1-2-3-5-12-16(15-10-6-4-7-11-15)17-13-8-9-14-18(17)19(20)21/h4,6-11,13-14,16H,2-3,5,12H2,1H3,(H,20,21). The largest absolute Gasteiger partial charge is 0.478 e. The fraction of sp³-hybridized carbons (Fsp3) is 0.316. The number of aromatic carboxylic acids is 1. The minimum absolute atomic E-state index is 0.157. The first-order valence-corrected chi connectivity index (χ1v) is 7.61. The minimum Gasteiger partial charge on any atom is -0.478 e. The Morgan fingerprint density at radius 2 is 1.67 bits per heavy atom. The average molecular weight is 282 g/mol. The Labute approximate surface area is 126 Å². The third kappa shape index (κ3) is 3.94. The highest BCUT2D eigenvalue weighted by Crippen LogP contribution is 2.32. The Morgan fingerprint density at radius 1 is 1.00 bits per heavy atom. The highest BCUT2D eigenvalue weighted by Gasteiger charge is 2.19. The first-order valence-electron chi connectivity index (χ1n) is 7.61. The highest BCUT2D eigenvalue weighted by atomic mass is 16.4. The quantitative estimate of drug-likeness (QED) is 0.717. The lowest BCUT2D eigenvalue weighted by Gasteiger charge is -2.20. The second kappa shape index (κ2) is 7.63. The molecule has 0 saturated heterocycles. The molecule has 0 fully saturated rings. The van der Waals surface area contributed by atoms with E-state index in [4.69, 9.17) is 0 Å². The SMILES string of the molecule is CCCCCC(c1ccccc1)c1ccccc1C(=O)O. The van der Waals surface area contributed by atoms with Gasteiger partial charge in [-0.1, -0.05) is 74.7 Å². The number of hydrogen-bond donors (Lipinski definition) is 1. The zero-order valence-corrected chi connectivity index (χ0v) is 12.5. The Balaban J connectivity index is 2.38. The van der Waals surface area contributed by atoms with E-state index in [1.54, 1.807) is 12.1 Å². The van der Waals surface area contributed by atoms with E-state index in [-0.39, 0.29) is 5.92 Å². The molecule has 1 atom stereocenters. The molecular weight excluding hydrogens is 260 g/mol. The molecular formula is C19H22O2. The molecule has 0 amide bonds. The van der Waals surface area contributed by atoms with Crippen molar-refractivity contribution >= 4 is 5.97 Å². The van der Waals surface area contributed by atoms with Crippen molar-refractivity contribution in [3.63, 3.8) is 0 Å². The van der Waals surface area contributed by atoms with Crippen molar-refractivity contribution in [1.82, 2.24) is 0 Å². The van der Waals surface area contributed by atoms with Crippen LogP contribution in [0.4, 0.5) is 0 Å². The number of hydrogen-bond acceptors (Lipinski definition) is 1. The molecule has 2 nitrogen and oxygen atoms in total. The molecule has 1 N–H and O–H groups in total. The number of benzene rings is 2. The van der Waals surface area contributed by atoms with E-state index in [1.807, 2.05) is 30.3 Å². The van der Waals surface area contributed by atoms with Crippen LogP contribution in [-0.2, 0) is 0 Å².